The lowest BCUT2D eigenvalue weighted by Gasteiger charge is -2.46. The van der Waals surface area contributed by atoms with Crippen LogP contribution in [-0.4, -0.2) is 122 Å². The van der Waals surface area contributed by atoms with Crippen LogP contribution in [0.25, 0.3) is 0 Å². The third-order valence-electron chi connectivity index (χ3n) is 12.3. The maximum absolute atomic E-state index is 14.2. The second-order valence-corrected chi connectivity index (χ2v) is 16.7. The van der Waals surface area contributed by atoms with Crippen LogP contribution in [0.3, 0.4) is 0 Å². The van der Waals surface area contributed by atoms with Crippen molar-refractivity contribution in [2.24, 2.45) is 29.6 Å². The van der Waals surface area contributed by atoms with Crippen LogP contribution in [0.1, 0.15) is 112 Å². The van der Waals surface area contributed by atoms with E-state index in [0.29, 0.717) is 50.5 Å². The molecule has 0 aromatic heterocycles. The Bertz CT molecular complexity index is 1400. The smallest absolute Gasteiger partial charge is 0.329 e. The first-order valence-corrected chi connectivity index (χ1v) is 20.0. The van der Waals surface area contributed by atoms with Crippen molar-refractivity contribution in [1.29, 1.82) is 0 Å². The fourth-order valence-electron chi connectivity index (χ4n) is 8.95. The largest absolute Gasteiger partial charge is 0.456 e. The van der Waals surface area contributed by atoms with Crippen molar-refractivity contribution in [3.8, 4) is 0 Å². The Morgan fingerprint density at radius 2 is 1.65 bits per heavy atom. The topological polar surface area (TPSA) is 200 Å². The molecule has 3 heterocycles. The SMILES string of the molecule is CC[C@@H]1/C=C(\C)C[C@H](C)C[C@H](O)[C@H]2O[C@@](O)(C(=O)C(=O)N3CCCC[C@H]3C(=O)O[C@H](/C(C)=C/[C@@H]3CC[C@@H](O)[C@H](O)C3)[C@H](C)[C@@H](O)CC1=O)[C@H](C)C[C@@H]2OC. The molecular formula is C41H65NO12. The van der Waals surface area contributed by atoms with Crippen molar-refractivity contribution < 1.29 is 58.9 Å². The summed E-state index contributed by atoms with van der Waals surface area (Å²) in [7, 11) is 1.46. The van der Waals surface area contributed by atoms with Crippen molar-refractivity contribution in [2.45, 2.75) is 167 Å². The molecule has 13 nitrogen and oxygen atoms in total. The Morgan fingerprint density at radius 1 is 0.944 bits per heavy atom. The molecule has 5 N–H and O–H groups in total. The average molecular weight is 764 g/mol. The molecule has 0 aromatic carbocycles. The Morgan fingerprint density at radius 3 is 2.30 bits per heavy atom. The Kier molecular flexibility index (Phi) is 15.6. The molecule has 0 aromatic rings. The van der Waals surface area contributed by atoms with Crippen molar-refractivity contribution >= 4 is 23.4 Å². The molecule has 4 rings (SSSR count). The molecule has 14 atom stereocenters. The van der Waals surface area contributed by atoms with Gasteiger partial charge in [0.05, 0.1) is 30.5 Å². The number of hydrogen-bond acceptors (Lipinski definition) is 12. The van der Waals surface area contributed by atoms with Gasteiger partial charge in [0.25, 0.3) is 11.7 Å². The Hall–Kier alpha value is -2.52. The number of Topliss-reactive ketones (excluding diaryl/α,β-unsaturated/α-hetero) is 2. The highest BCUT2D eigenvalue weighted by molar-refractivity contribution is 6.39. The molecule has 2 bridgehead atoms. The first-order chi connectivity index (χ1) is 25.4. The van der Waals surface area contributed by atoms with Crippen LogP contribution in [0.4, 0.5) is 0 Å². The van der Waals surface area contributed by atoms with Crippen LogP contribution in [0.2, 0.25) is 0 Å². The van der Waals surface area contributed by atoms with Gasteiger partial charge < -0.3 is 44.6 Å². The number of hydrogen-bond donors (Lipinski definition) is 5. The van der Waals surface area contributed by atoms with E-state index in [0.717, 1.165) is 10.5 Å². The van der Waals surface area contributed by atoms with Gasteiger partial charge in [-0.2, -0.15) is 0 Å². The van der Waals surface area contributed by atoms with E-state index in [2.05, 4.69) is 0 Å². The summed E-state index contributed by atoms with van der Waals surface area (Å²) in [6.07, 6.45) is 0.593. The van der Waals surface area contributed by atoms with Crippen molar-refractivity contribution in [1.82, 2.24) is 4.90 Å². The molecule has 1 amide bonds. The molecule has 3 fully saturated rings. The van der Waals surface area contributed by atoms with Gasteiger partial charge in [0.2, 0.25) is 5.79 Å². The van der Waals surface area contributed by atoms with Crippen LogP contribution in [0, 0.1) is 29.6 Å². The number of esters is 1. The standard InChI is InChI=1S/C41H65NO12/c1-8-28-16-22(2)15-23(3)17-34(47)37-35(52-7)19-25(5)41(51,54-37)38(48)39(49)42-14-10-9-11-29(42)40(50)53-36(26(6)31(44)21-32(28)45)24(4)18-27-12-13-30(43)33(46)20-27/h16,18,23,25-31,33-37,43-44,46-47,51H,8-15,17,19-21H2,1-7H3/b22-16+,24-18+/t23-,25+,26+,27-,28+,29-,30+,31-,33+,34-,35-,36+,37+,41+/m0/s1. The lowest BCUT2D eigenvalue weighted by Crippen LogP contribution is -2.64. The maximum atomic E-state index is 14.2. The summed E-state index contributed by atoms with van der Waals surface area (Å²) in [5.41, 5.74) is 1.51. The fourth-order valence-corrected chi connectivity index (χ4v) is 8.95. The number of piperidine rings is 1. The van der Waals surface area contributed by atoms with Gasteiger partial charge in [0.15, 0.2) is 0 Å². The van der Waals surface area contributed by atoms with E-state index in [1.54, 1.807) is 20.8 Å². The molecular weight excluding hydrogens is 698 g/mol. The van der Waals surface area contributed by atoms with E-state index >= 15 is 0 Å². The second kappa shape index (κ2) is 19.1. The molecule has 13 heteroatoms. The van der Waals surface area contributed by atoms with Crippen LogP contribution >= 0.6 is 0 Å². The Balaban J connectivity index is 1.75. The number of methoxy groups -OCH3 is 1. The lowest BCUT2D eigenvalue weighted by atomic mass is 9.81. The number of ketones is 2. The van der Waals surface area contributed by atoms with Gasteiger partial charge in [-0.15, -0.1) is 0 Å². The highest BCUT2D eigenvalue weighted by Crippen LogP contribution is 2.38. The van der Waals surface area contributed by atoms with Crippen LogP contribution in [-0.2, 0) is 33.4 Å². The van der Waals surface area contributed by atoms with Crippen molar-refractivity contribution in [3.63, 3.8) is 0 Å². The molecule has 2 saturated heterocycles. The molecule has 0 radical (unpaired) electrons. The number of carbonyl (C=O) groups is 4. The average Bonchev–Trinajstić information content (AvgIpc) is 3.13. The summed E-state index contributed by atoms with van der Waals surface area (Å²) in [5.74, 6) is -8.24. The third kappa shape index (κ3) is 10.3. The minimum absolute atomic E-state index is 0.0538. The molecule has 0 unspecified atom stereocenters. The maximum Gasteiger partial charge on any atom is 0.329 e. The molecule has 1 aliphatic carbocycles. The molecule has 4 aliphatic rings. The summed E-state index contributed by atoms with van der Waals surface area (Å²) in [6, 6.07) is -1.17. The summed E-state index contributed by atoms with van der Waals surface area (Å²) >= 11 is 0. The number of nitrogens with zero attached hydrogens (tertiary/aromatic N) is 1. The van der Waals surface area contributed by atoms with E-state index in [4.69, 9.17) is 14.2 Å². The molecule has 306 valence electrons. The van der Waals surface area contributed by atoms with Gasteiger partial charge in [-0.3, -0.25) is 14.4 Å². The number of rotatable bonds is 4. The predicted molar refractivity (Wildman–Crippen MR) is 198 cm³/mol. The molecule has 3 aliphatic heterocycles. The molecule has 1 saturated carbocycles. The number of carbonyl (C=O) groups excluding carboxylic acids is 4. The van der Waals surface area contributed by atoms with Gasteiger partial charge in [-0.25, -0.2) is 4.79 Å². The highest BCUT2D eigenvalue weighted by atomic mass is 16.7. The van der Waals surface area contributed by atoms with Crippen LogP contribution in [0.15, 0.2) is 23.3 Å². The zero-order valence-corrected chi connectivity index (χ0v) is 33.2. The molecule has 54 heavy (non-hydrogen) atoms. The quantitative estimate of drug-likeness (QED) is 0.160. The van der Waals surface area contributed by atoms with Gasteiger partial charge in [0.1, 0.15) is 24.0 Å². The first-order valence-electron chi connectivity index (χ1n) is 20.0. The zero-order chi connectivity index (χ0) is 40.1. The number of fused-ring (bicyclic) bond motifs is 3. The number of aliphatic hydroxyl groups excluding tert-OH is 4. The van der Waals surface area contributed by atoms with E-state index in [9.17, 15) is 44.7 Å². The minimum atomic E-state index is -2.59. The third-order valence-corrected chi connectivity index (χ3v) is 12.3. The summed E-state index contributed by atoms with van der Waals surface area (Å²) in [6.45, 7) is 10.8. The number of amides is 1. The van der Waals surface area contributed by atoms with Crippen molar-refractivity contribution in [3.05, 3.63) is 23.3 Å². The summed E-state index contributed by atoms with van der Waals surface area (Å²) < 4.78 is 17.8. The number of ether oxygens (including phenoxy) is 3. The van der Waals surface area contributed by atoms with Gasteiger partial charge in [-0.1, -0.05) is 45.4 Å². The number of allylic oxidation sites excluding steroid dienone is 3. The lowest BCUT2D eigenvalue weighted by molar-refractivity contribution is -0.301. The Labute approximate surface area is 320 Å². The van der Waals surface area contributed by atoms with Gasteiger partial charge in [0, 0.05) is 37.8 Å². The zero-order valence-electron chi connectivity index (χ0n) is 33.2. The highest BCUT2D eigenvalue weighted by Gasteiger charge is 2.56. The number of aliphatic hydroxyl groups is 5. The monoisotopic (exact) mass is 763 g/mol. The van der Waals surface area contributed by atoms with Gasteiger partial charge in [-0.05, 0) is 95.5 Å². The normalized spacial score (nSPS) is 42.7. The van der Waals surface area contributed by atoms with Crippen LogP contribution < -0.4 is 0 Å². The predicted octanol–water partition coefficient (Wildman–Crippen LogP) is 3.16. The summed E-state index contributed by atoms with van der Waals surface area (Å²) in [5, 5.41) is 55.2. The summed E-state index contributed by atoms with van der Waals surface area (Å²) in [4.78, 5) is 57.0. The van der Waals surface area contributed by atoms with Crippen LogP contribution in [0.5, 0.6) is 0 Å². The minimum Gasteiger partial charge on any atom is -0.456 e. The second-order valence-electron chi connectivity index (χ2n) is 16.7. The fraction of sp³-hybridized carbons (Fsp3) is 0.805. The van der Waals surface area contributed by atoms with E-state index in [-0.39, 0.29) is 49.8 Å². The molecule has 0 spiro atoms. The van der Waals surface area contributed by atoms with Crippen molar-refractivity contribution in [2.75, 3.05) is 13.7 Å². The first kappa shape index (κ1) is 44.2. The number of cyclic esters (lactones) is 1. The van der Waals surface area contributed by atoms with E-state index in [1.807, 2.05) is 32.9 Å². The van der Waals surface area contributed by atoms with E-state index in [1.165, 1.54) is 7.11 Å². The van der Waals surface area contributed by atoms with Gasteiger partial charge >= 0.3 is 5.97 Å². The van der Waals surface area contributed by atoms with E-state index < -0.39 is 90.0 Å².